The molecule has 0 aliphatic heterocycles. The lowest BCUT2D eigenvalue weighted by molar-refractivity contribution is 0.217. The normalized spacial score (nSPS) is 12.3. The quantitative estimate of drug-likeness (QED) is 0.742. The van der Waals surface area contributed by atoms with E-state index in [1.54, 1.807) is 0 Å². The summed E-state index contributed by atoms with van der Waals surface area (Å²) >= 11 is 7.64. The first kappa shape index (κ1) is 15.5. The van der Waals surface area contributed by atoms with Gasteiger partial charge in [-0.25, -0.2) is 8.42 Å². The van der Waals surface area contributed by atoms with Crippen LogP contribution in [-0.2, 0) is 10.0 Å². The van der Waals surface area contributed by atoms with Gasteiger partial charge in [-0.1, -0.05) is 0 Å². The molecular formula is C8H11Br2NO4S2. The molecule has 0 saturated carbocycles. The summed E-state index contributed by atoms with van der Waals surface area (Å²) < 4.78 is 26.6. The zero-order valence-corrected chi connectivity index (χ0v) is 13.4. The zero-order valence-electron chi connectivity index (χ0n) is 8.64. The fourth-order valence-corrected chi connectivity index (χ4v) is 6.40. The van der Waals surface area contributed by atoms with E-state index in [4.69, 9.17) is 10.2 Å². The summed E-state index contributed by atoms with van der Waals surface area (Å²) in [5.41, 5.74) is 0. The van der Waals surface area contributed by atoms with E-state index in [-0.39, 0.29) is 31.2 Å². The van der Waals surface area contributed by atoms with Crippen molar-refractivity contribution in [2.45, 2.75) is 4.90 Å². The van der Waals surface area contributed by atoms with Crippen molar-refractivity contribution in [3.63, 3.8) is 0 Å². The molecule has 0 aromatic carbocycles. The van der Waals surface area contributed by atoms with E-state index in [2.05, 4.69) is 31.9 Å². The van der Waals surface area contributed by atoms with Gasteiger partial charge in [-0.05, 0) is 37.9 Å². The number of rotatable bonds is 6. The Kier molecular flexibility index (Phi) is 6.03. The first-order valence-corrected chi connectivity index (χ1v) is 8.44. The lowest BCUT2D eigenvalue weighted by atomic mass is 10.6. The van der Waals surface area contributed by atoms with Crippen molar-refractivity contribution in [2.24, 2.45) is 0 Å². The molecule has 0 bridgehead atoms. The van der Waals surface area contributed by atoms with Crippen molar-refractivity contribution in [1.82, 2.24) is 4.31 Å². The zero-order chi connectivity index (χ0) is 13.1. The Labute approximate surface area is 120 Å². The molecule has 2 N–H and O–H groups in total. The van der Waals surface area contributed by atoms with Crippen LogP contribution in [0.1, 0.15) is 0 Å². The minimum absolute atomic E-state index is 0.0389. The molecule has 0 amide bonds. The second-order valence-electron chi connectivity index (χ2n) is 3.04. The number of hydrogen-bond donors (Lipinski definition) is 2. The standard InChI is InChI=1S/C8H11Br2NO4S2/c9-7-5-6(8(10)16-7)17(14,15)11(1-3-12)2-4-13/h5,12-13H,1-4H2. The third-order valence-electron chi connectivity index (χ3n) is 1.94. The maximum Gasteiger partial charge on any atom is 0.245 e. The van der Waals surface area contributed by atoms with Crippen LogP contribution in [0.2, 0.25) is 0 Å². The molecule has 1 aromatic heterocycles. The summed E-state index contributed by atoms with van der Waals surface area (Å²) in [5, 5.41) is 17.7. The molecule has 1 heterocycles. The smallest absolute Gasteiger partial charge is 0.245 e. The van der Waals surface area contributed by atoms with Gasteiger partial charge in [-0.3, -0.25) is 0 Å². The molecule has 0 aliphatic carbocycles. The minimum atomic E-state index is -3.69. The molecule has 0 unspecified atom stereocenters. The average Bonchev–Trinajstić information content (AvgIpc) is 2.58. The largest absolute Gasteiger partial charge is 0.395 e. The summed E-state index contributed by atoms with van der Waals surface area (Å²) in [6.07, 6.45) is 0. The van der Waals surface area contributed by atoms with Crippen LogP contribution in [0.4, 0.5) is 0 Å². The van der Waals surface area contributed by atoms with Crippen molar-refractivity contribution in [1.29, 1.82) is 0 Å². The highest BCUT2D eigenvalue weighted by atomic mass is 79.9. The first-order chi connectivity index (χ1) is 7.93. The molecule has 1 aromatic rings. The third kappa shape index (κ3) is 3.72. The van der Waals surface area contributed by atoms with Gasteiger partial charge in [0.15, 0.2) is 0 Å². The maximum atomic E-state index is 12.2. The Balaban J connectivity index is 3.11. The van der Waals surface area contributed by atoms with Crippen molar-refractivity contribution in [2.75, 3.05) is 26.3 Å². The van der Waals surface area contributed by atoms with Gasteiger partial charge in [-0.15, -0.1) is 11.3 Å². The number of thiophene rings is 1. The van der Waals surface area contributed by atoms with E-state index in [9.17, 15) is 8.42 Å². The molecule has 9 heteroatoms. The molecule has 0 fully saturated rings. The van der Waals surface area contributed by atoms with Gasteiger partial charge in [-0.2, -0.15) is 4.31 Å². The maximum absolute atomic E-state index is 12.2. The van der Waals surface area contributed by atoms with E-state index in [0.717, 1.165) is 4.31 Å². The summed E-state index contributed by atoms with van der Waals surface area (Å²) in [4.78, 5) is 0.135. The van der Waals surface area contributed by atoms with Crippen LogP contribution >= 0.6 is 43.2 Å². The molecule has 1 rings (SSSR count). The Morgan fingerprint density at radius 3 is 2.12 bits per heavy atom. The number of halogens is 2. The van der Waals surface area contributed by atoms with Crippen LogP contribution in [0.15, 0.2) is 18.5 Å². The Morgan fingerprint density at radius 1 is 1.24 bits per heavy atom. The highest BCUT2D eigenvalue weighted by molar-refractivity contribution is 9.12. The highest BCUT2D eigenvalue weighted by Gasteiger charge is 2.27. The van der Waals surface area contributed by atoms with Crippen LogP contribution in [0, 0.1) is 0 Å². The number of aliphatic hydroxyl groups excluding tert-OH is 2. The van der Waals surface area contributed by atoms with Crippen molar-refractivity contribution in [3.05, 3.63) is 13.6 Å². The Morgan fingerprint density at radius 2 is 1.76 bits per heavy atom. The molecule has 5 nitrogen and oxygen atoms in total. The van der Waals surface area contributed by atoms with Crippen LogP contribution in [0.25, 0.3) is 0 Å². The fourth-order valence-electron chi connectivity index (χ4n) is 1.22. The van der Waals surface area contributed by atoms with Gasteiger partial charge in [0.2, 0.25) is 10.0 Å². The van der Waals surface area contributed by atoms with E-state index in [0.29, 0.717) is 7.57 Å². The predicted molar refractivity (Wildman–Crippen MR) is 72.6 cm³/mol. The SMILES string of the molecule is O=S(=O)(c1cc(Br)sc1Br)N(CCO)CCO. The molecule has 98 valence electrons. The molecule has 0 radical (unpaired) electrons. The second kappa shape index (κ2) is 6.60. The second-order valence-corrected chi connectivity index (χ2v) is 8.70. The van der Waals surface area contributed by atoms with Crippen LogP contribution < -0.4 is 0 Å². The van der Waals surface area contributed by atoms with Gasteiger partial charge < -0.3 is 10.2 Å². The molecule has 17 heavy (non-hydrogen) atoms. The topological polar surface area (TPSA) is 77.8 Å². The van der Waals surface area contributed by atoms with Gasteiger partial charge in [0, 0.05) is 13.1 Å². The number of hydrogen-bond acceptors (Lipinski definition) is 5. The monoisotopic (exact) mass is 407 g/mol. The molecule has 0 spiro atoms. The van der Waals surface area contributed by atoms with Gasteiger partial charge >= 0.3 is 0 Å². The van der Waals surface area contributed by atoms with E-state index >= 15 is 0 Å². The van der Waals surface area contributed by atoms with E-state index in [1.807, 2.05) is 0 Å². The summed E-state index contributed by atoms with van der Waals surface area (Å²) in [6.45, 7) is -0.657. The number of nitrogens with zero attached hydrogens (tertiary/aromatic N) is 1. The number of sulfonamides is 1. The molecular weight excluding hydrogens is 398 g/mol. The minimum Gasteiger partial charge on any atom is -0.395 e. The van der Waals surface area contributed by atoms with Crippen molar-refractivity contribution in [3.8, 4) is 0 Å². The van der Waals surface area contributed by atoms with Crippen molar-refractivity contribution >= 4 is 53.2 Å². The third-order valence-corrected chi connectivity index (χ3v) is 6.60. The average molecular weight is 409 g/mol. The highest BCUT2D eigenvalue weighted by Crippen LogP contribution is 2.36. The Bertz CT molecular complexity index is 468. The van der Waals surface area contributed by atoms with Gasteiger partial charge in [0.05, 0.1) is 20.8 Å². The summed E-state index contributed by atoms with van der Waals surface area (Å²) in [5.74, 6) is 0. The first-order valence-electron chi connectivity index (χ1n) is 4.60. The van der Waals surface area contributed by atoms with Gasteiger partial charge in [0.1, 0.15) is 4.90 Å². The molecule has 0 atom stereocenters. The van der Waals surface area contributed by atoms with Gasteiger partial charge in [0.25, 0.3) is 0 Å². The summed E-state index contributed by atoms with van der Waals surface area (Å²) in [7, 11) is -3.69. The number of aliphatic hydroxyl groups is 2. The van der Waals surface area contributed by atoms with E-state index in [1.165, 1.54) is 17.4 Å². The summed E-state index contributed by atoms with van der Waals surface area (Å²) in [6, 6.07) is 1.49. The predicted octanol–water partition coefficient (Wildman–Crippen LogP) is 1.25. The molecule has 0 saturated heterocycles. The van der Waals surface area contributed by atoms with Crippen LogP contribution in [0.3, 0.4) is 0 Å². The van der Waals surface area contributed by atoms with Crippen molar-refractivity contribution < 1.29 is 18.6 Å². The molecule has 0 aliphatic rings. The van der Waals surface area contributed by atoms with Crippen LogP contribution in [-0.4, -0.2) is 49.2 Å². The van der Waals surface area contributed by atoms with E-state index < -0.39 is 10.0 Å². The fraction of sp³-hybridized carbons (Fsp3) is 0.500. The lowest BCUT2D eigenvalue weighted by Crippen LogP contribution is -2.35. The Hall–Kier alpha value is 0.490. The lowest BCUT2D eigenvalue weighted by Gasteiger charge is -2.19. The van der Waals surface area contributed by atoms with Crippen LogP contribution in [0.5, 0.6) is 0 Å².